The highest BCUT2D eigenvalue weighted by molar-refractivity contribution is 6.76. The smallest absolute Gasteiger partial charge is 0.434 e. The third-order valence-electron chi connectivity index (χ3n) is 6.89. The molecule has 0 aliphatic heterocycles. The molecule has 1 aliphatic carbocycles. The Morgan fingerprint density at radius 1 is 1.17 bits per heavy atom. The molecule has 0 amide bonds. The van der Waals surface area contributed by atoms with Gasteiger partial charge in [0, 0.05) is 45.1 Å². The highest BCUT2D eigenvalue weighted by Crippen LogP contribution is 2.34. The Morgan fingerprint density at radius 2 is 1.86 bits per heavy atom. The summed E-state index contributed by atoms with van der Waals surface area (Å²) in [5.74, 6) is -0.436. The molecule has 1 saturated carbocycles. The van der Waals surface area contributed by atoms with E-state index in [1.807, 2.05) is 13.0 Å². The molecule has 2 heterocycles. The summed E-state index contributed by atoms with van der Waals surface area (Å²) in [5, 5.41) is 7.72. The monoisotopic (exact) mass is 609 g/mol. The summed E-state index contributed by atoms with van der Waals surface area (Å²) in [4.78, 5) is 17.4. The molecule has 42 heavy (non-hydrogen) atoms. The van der Waals surface area contributed by atoms with E-state index in [1.54, 1.807) is 19.2 Å². The number of carboxylic acid groups (broad SMARTS) is 1. The van der Waals surface area contributed by atoms with E-state index < -0.39 is 31.7 Å². The third kappa shape index (κ3) is 9.65. The summed E-state index contributed by atoms with van der Waals surface area (Å²) in [5.41, 5.74) is 1.03. The van der Waals surface area contributed by atoms with Gasteiger partial charge in [-0.05, 0) is 55.0 Å². The van der Waals surface area contributed by atoms with Crippen LogP contribution >= 0.6 is 0 Å². The minimum absolute atomic E-state index is 0.0286. The lowest BCUT2D eigenvalue weighted by atomic mass is 9.86. The van der Waals surface area contributed by atoms with Crippen LogP contribution in [-0.2, 0) is 22.4 Å². The van der Waals surface area contributed by atoms with Crippen molar-refractivity contribution >= 4 is 14.0 Å². The number of rotatable bonds is 11. The van der Waals surface area contributed by atoms with E-state index >= 15 is 4.39 Å². The van der Waals surface area contributed by atoms with Crippen LogP contribution in [0, 0.1) is 18.7 Å². The van der Waals surface area contributed by atoms with Gasteiger partial charge in [-0.25, -0.2) is 14.4 Å². The molecular weight excluding hydrogens is 570 g/mol. The van der Waals surface area contributed by atoms with Crippen molar-refractivity contribution in [3.8, 4) is 28.4 Å². The molecule has 0 spiro atoms. The molecule has 1 N–H and O–H groups in total. The van der Waals surface area contributed by atoms with Crippen LogP contribution < -0.4 is 4.74 Å². The number of aliphatic carboxylic acids is 1. The van der Waals surface area contributed by atoms with E-state index in [2.05, 4.69) is 29.6 Å². The maximum Gasteiger partial charge on any atom is 0.434 e. The van der Waals surface area contributed by atoms with E-state index in [0.717, 1.165) is 23.4 Å². The van der Waals surface area contributed by atoms with Crippen molar-refractivity contribution in [1.29, 1.82) is 0 Å². The topological polar surface area (TPSA) is 86.5 Å². The number of ether oxygens (including phenoxy) is 2. The third-order valence-corrected chi connectivity index (χ3v) is 8.60. The molecule has 7 nitrogen and oxygen atoms in total. The molecule has 1 fully saturated rings. The van der Waals surface area contributed by atoms with Crippen molar-refractivity contribution in [2.24, 2.45) is 5.92 Å². The molecule has 4 rings (SSSR count). The highest BCUT2D eigenvalue weighted by atomic mass is 28.3. The Morgan fingerprint density at radius 3 is 2.38 bits per heavy atom. The lowest BCUT2D eigenvalue weighted by Crippen LogP contribution is -2.22. The maximum atomic E-state index is 15.3. The van der Waals surface area contributed by atoms with Gasteiger partial charge in [0.05, 0.1) is 12.2 Å². The van der Waals surface area contributed by atoms with Gasteiger partial charge in [-0.3, -0.25) is 4.79 Å². The van der Waals surface area contributed by atoms with E-state index in [9.17, 15) is 18.0 Å². The zero-order valence-electron chi connectivity index (χ0n) is 24.7. The van der Waals surface area contributed by atoms with Gasteiger partial charge in [0.1, 0.15) is 18.4 Å². The minimum atomic E-state index is -4.65. The van der Waals surface area contributed by atoms with Crippen LogP contribution in [0.1, 0.15) is 43.9 Å². The van der Waals surface area contributed by atoms with Crippen molar-refractivity contribution in [3.63, 3.8) is 0 Å². The Kier molecular flexibility index (Phi) is 11.3. The molecule has 0 atom stereocenters. The molecule has 230 valence electrons. The largest absolute Gasteiger partial charge is 0.481 e. The van der Waals surface area contributed by atoms with Gasteiger partial charge in [-0.2, -0.15) is 13.2 Å². The van der Waals surface area contributed by atoms with Crippen LogP contribution in [0.5, 0.6) is 5.88 Å². The molecule has 12 heteroatoms. The SMILES string of the molecule is CCC(=O)O.Cc1cc(OCC2CCC2)ncc1-c1ccc(-c2nc(C(F)(F)F)cn2COCC[Si](C)(C)C)c(F)c1. The number of carboxylic acids is 1. The number of nitrogens with zero attached hydrogens (tertiary/aromatic N) is 3. The Labute approximate surface area is 244 Å². The van der Waals surface area contributed by atoms with Crippen LogP contribution in [0.2, 0.25) is 25.7 Å². The second-order valence-electron chi connectivity index (χ2n) is 11.7. The van der Waals surface area contributed by atoms with Crippen molar-refractivity contribution < 1.29 is 36.9 Å². The van der Waals surface area contributed by atoms with Crippen LogP contribution in [0.25, 0.3) is 22.5 Å². The number of pyridine rings is 1. The summed E-state index contributed by atoms with van der Waals surface area (Å²) in [6.07, 6.45) is 1.67. The number of hydrogen-bond acceptors (Lipinski definition) is 5. The predicted molar refractivity (Wildman–Crippen MR) is 155 cm³/mol. The highest BCUT2D eigenvalue weighted by Gasteiger charge is 2.35. The molecular formula is C30H39F4N3O4Si. The number of benzene rings is 1. The number of hydrogen-bond donors (Lipinski definition) is 1. The van der Waals surface area contributed by atoms with Crippen molar-refractivity contribution in [2.75, 3.05) is 13.2 Å². The van der Waals surface area contributed by atoms with Crippen molar-refractivity contribution in [3.05, 3.63) is 53.7 Å². The lowest BCUT2D eigenvalue weighted by Gasteiger charge is -2.24. The Bertz CT molecular complexity index is 1350. The number of halogens is 4. The molecule has 0 unspecified atom stereocenters. The van der Waals surface area contributed by atoms with E-state index in [4.69, 9.17) is 14.6 Å². The molecule has 1 aromatic carbocycles. The van der Waals surface area contributed by atoms with Gasteiger partial charge in [0.2, 0.25) is 5.88 Å². The van der Waals surface area contributed by atoms with E-state index in [0.29, 0.717) is 30.6 Å². The second kappa shape index (κ2) is 14.3. The first-order chi connectivity index (χ1) is 19.7. The van der Waals surface area contributed by atoms with Gasteiger partial charge in [0.15, 0.2) is 5.69 Å². The fraction of sp³-hybridized carbons (Fsp3) is 0.500. The van der Waals surface area contributed by atoms with Crippen LogP contribution in [0.15, 0.2) is 36.7 Å². The number of aryl methyl sites for hydroxylation is 1. The zero-order valence-corrected chi connectivity index (χ0v) is 25.7. The fourth-order valence-electron chi connectivity index (χ4n) is 4.05. The van der Waals surface area contributed by atoms with E-state index in [1.165, 1.54) is 36.0 Å². The summed E-state index contributed by atoms with van der Waals surface area (Å²) in [6.45, 7) is 11.0. The first kappa shape index (κ1) is 33.3. The predicted octanol–water partition coefficient (Wildman–Crippen LogP) is 8.05. The van der Waals surface area contributed by atoms with Crippen molar-refractivity contribution in [1.82, 2.24) is 14.5 Å². The zero-order chi connectivity index (χ0) is 31.1. The van der Waals surface area contributed by atoms with Crippen molar-refractivity contribution in [2.45, 2.75) is 78.1 Å². The van der Waals surface area contributed by atoms with Gasteiger partial charge in [0.25, 0.3) is 0 Å². The number of aromatic nitrogens is 3. The summed E-state index contributed by atoms with van der Waals surface area (Å²) in [7, 11) is -1.37. The maximum absolute atomic E-state index is 15.3. The first-order valence-corrected chi connectivity index (χ1v) is 17.7. The minimum Gasteiger partial charge on any atom is -0.481 e. The van der Waals surface area contributed by atoms with Gasteiger partial charge in [-0.1, -0.05) is 39.1 Å². The van der Waals surface area contributed by atoms with Crippen LogP contribution in [0.4, 0.5) is 17.6 Å². The number of carbonyl (C=O) groups is 1. The standard InChI is InChI=1S/C27H33F4N3O2Si.C3H6O2/c1-18-12-25(36-16-19-6-5-7-19)32-14-22(18)20-8-9-21(23(28)13-20)26-33-24(27(29,30)31)15-34(26)17-35-10-11-37(2,3)4;1-2-3(4)5/h8-9,12-15,19H,5-7,10-11,16-17H2,1-4H3;2H2,1H3,(H,4,5). The molecule has 2 aromatic heterocycles. The lowest BCUT2D eigenvalue weighted by molar-refractivity contribution is -0.141. The average molecular weight is 610 g/mol. The van der Waals surface area contributed by atoms with Gasteiger partial charge in [-0.15, -0.1) is 0 Å². The number of imidazole rings is 1. The summed E-state index contributed by atoms with van der Waals surface area (Å²) in [6, 6.07) is 7.10. The normalized spacial score (nSPS) is 13.7. The Hall–Kier alpha value is -3.25. The first-order valence-electron chi connectivity index (χ1n) is 14.0. The molecule has 3 aromatic rings. The second-order valence-corrected chi connectivity index (χ2v) is 17.3. The van der Waals surface area contributed by atoms with Gasteiger partial charge < -0.3 is 19.1 Å². The molecule has 0 bridgehead atoms. The number of alkyl halides is 3. The van der Waals surface area contributed by atoms with Crippen LogP contribution in [-0.4, -0.2) is 46.9 Å². The molecule has 0 saturated heterocycles. The Balaban J connectivity index is 0.000000892. The molecule has 0 radical (unpaired) electrons. The summed E-state index contributed by atoms with van der Waals surface area (Å²) >= 11 is 0. The average Bonchev–Trinajstić information content (AvgIpc) is 3.30. The fourth-order valence-corrected chi connectivity index (χ4v) is 4.80. The molecule has 1 aliphatic rings. The summed E-state index contributed by atoms with van der Waals surface area (Å²) < 4.78 is 68.2. The van der Waals surface area contributed by atoms with E-state index in [-0.39, 0.29) is 24.5 Å². The quantitative estimate of drug-likeness (QED) is 0.135. The van der Waals surface area contributed by atoms with Gasteiger partial charge >= 0.3 is 12.1 Å². The van der Waals surface area contributed by atoms with Crippen LogP contribution in [0.3, 0.4) is 0 Å².